The highest BCUT2D eigenvalue weighted by Crippen LogP contribution is 2.56. The van der Waals surface area contributed by atoms with Gasteiger partial charge in [0.15, 0.2) is 0 Å². The zero-order chi connectivity index (χ0) is 19.8. The number of aromatic nitrogens is 5. The molecule has 8 nitrogen and oxygen atoms in total. The molecule has 146 valence electrons. The minimum absolute atomic E-state index is 0.149. The van der Waals surface area contributed by atoms with Gasteiger partial charge in [0.1, 0.15) is 5.65 Å². The van der Waals surface area contributed by atoms with Crippen molar-refractivity contribution in [3.05, 3.63) is 40.1 Å². The minimum atomic E-state index is -2.59. The van der Waals surface area contributed by atoms with E-state index in [1.807, 2.05) is 0 Å². The van der Waals surface area contributed by atoms with Crippen molar-refractivity contribution in [1.82, 2.24) is 29.2 Å². The zero-order valence-electron chi connectivity index (χ0n) is 15.4. The predicted octanol–water partition coefficient (Wildman–Crippen LogP) is 1.63. The molecule has 3 aromatic heterocycles. The summed E-state index contributed by atoms with van der Waals surface area (Å²) in [6.45, 7) is 2.40. The molecule has 1 saturated heterocycles. The quantitative estimate of drug-likeness (QED) is 0.723. The van der Waals surface area contributed by atoms with Crippen molar-refractivity contribution in [3.8, 4) is 5.95 Å². The van der Waals surface area contributed by atoms with Crippen LogP contribution in [0.25, 0.3) is 17.0 Å². The summed E-state index contributed by atoms with van der Waals surface area (Å²) >= 11 is 0. The minimum Gasteiger partial charge on any atom is -0.337 e. The van der Waals surface area contributed by atoms with E-state index in [1.54, 1.807) is 35.7 Å². The predicted molar refractivity (Wildman–Crippen MR) is 95.7 cm³/mol. The number of likely N-dealkylation sites (tertiary alicyclic amines) is 1. The van der Waals surface area contributed by atoms with E-state index < -0.39 is 11.3 Å². The Hall–Kier alpha value is -3.04. The average Bonchev–Trinajstić information content (AvgIpc) is 3.13. The Kier molecular flexibility index (Phi) is 3.22. The molecule has 1 amide bonds. The number of H-pyrrole nitrogens is 1. The molecule has 10 heteroatoms. The molecule has 0 unspecified atom stereocenters. The molecule has 0 bridgehead atoms. The van der Waals surface area contributed by atoms with Crippen LogP contribution in [0, 0.1) is 12.3 Å². The smallest absolute Gasteiger partial charge is 0.261 e. The third-order valence-electron chi connectivity index (χ3n) is 5.77. The van der Waals surface area contributed by atoms with E-state index in [0.29, 0.717) is 35.4 Å². The van der Waals surface area contributed by atoms with Gasteiger partial charge < -0.3 is 9.47 Å². The number of amides is 1. The Morgan fingerprint density at radius 3 is 2.68 bits per heavy atom. The largest absolute Gasteiger partial charge is 0.337 e. The Morgan fingerprint density at radius 2 is 2.00 bits per heavy atom. The zero-order valence-corrected chi connectivity index (χ0v) is 15.4. The molecule has 28 heavy (non-hydrogen) atoms. The van der Waals surface area contributed by atoms with E-state index in [4.69, 9.17) is 0 Å². The number of rotatable bonds is 2. The molecule has 1 aliphatic carbocycles. The summed E-state index contributed by atoms with van der Waals surface area (Å²) in [6, 6.07) is 1.68. The second-order valence-electron chi connectivity index (χ2n) is 7.98. The van der Waals surface area contributed by atoms with Crippen molar-refractivity contribution in [3.63, 3.8) is 0 Å². The fraction of sp³-hybridized carbons (Fsp3) is 0.444. The van der Waals surface area contributed by atoms with Crippen LogP contribution >= 0.6 is 0 Å². The summed E-state index contributed by atoms with van der Waals surface area (Å²) < 4.78 is 29.4. The molecule has 2 aliphatic rings. The molecule has 1 spiro atoms. The van der Waals surface area contributed by atoms with Gasteiger partial charge in [0.25, 0.3) is 11.5 Å². The monoisotopic (exact) mass is 388 g/mol. The number of carbonyl (C=O) groups is 1. The summed E-state index contributed by atoms with van der Waals surface area (Å²) in [5, 5.41) is 4.68. The molecule has 3 aromatic rings. The second kappa shape index (κ2) is 5.27. The summed E-state index contributed by atoms with van der Waals surface area (Å²) in [6.07, 6.45) is 2.87. The van der Waals surface area contributed by atoms with Crippen molar-refractivity contribution in [2.45, 2.75) is 25.7 Å². The highest BCUT2D eigenvalue weighted by molar-refractivity contribution is 5.95. The van der Waals surface area contributed by atoms with Crippen molar-refractivity contribution < 1.29 is 13.6 Å². The van der Waals surface area contributed by atoms with Crippen LogP contribution < -0.4 is 5.56 Å². The average molecular weight is 388 g/mol. The molecule has 0 atom stereocenters. The summed E-state index contributed by atoms with van der Waals surface area (Å²) in [5.74, 6) is -2.62. The number of nitrogens with zero attached hydrogens (tertiary/aromatic N) is 5. The van der Waals surface area contributed by atoms with Crippen molar-refractivity contribution >= 4 is 16.9 Å². The van der Waals surface area contributed by atoms with Gasteiger partial charge in [0.05, 0.1) is 22.8 Å². The van der Waals surface area contributed by atoms with Crippen LogP contribution in [0.5, 0.6) is 0 Å². The van der Waals surface area contributed by atoms with Crippen molar-refractivity contribution in [1.29, 1.82) is 0 Å². The van der Waals surface area contributed by atoms with Gasteiger partial charge in [-0.15, -0.1) is 0 Å². The van der Waals surface area contributed by atoms with E-state index in [1.165, 1.54) is 10.9 Å². The summed E-state index contributed by atoms with van der Waals surface area (Å²) in [4.78, 5) is 33.7. The van der Waals surface area contributed by atoms with E-state index >= 15 is 0 Å². The standard InChI is InChI=1S/C18H18F2N6O2/c1-10-12(15(28)25-8-17(9-25)6-18(19,20)7-17)5-21-26(10)16-22-13-11(14(27)23-16)3-4-24(13)2/h3-5H,6-9H2,1-2H3,(H,22,23,27). The van der Waals surface area contributed by atoms with Gasteiger partial charge in [0.2, 0.25) is 11.9 Å². The van der Waals surface area contributed by atoms with Crippen LogP contribution in [0.4, 0.5) is 8.78 Å². The van der Waals surface area contributed by atoms with Gasteiger partial charge in [-0.05, 0) is 13.0 Å². The lowest BCUT2D eigenvalue weighted by atomic mass is 9.61. The first kappa shape index (κ1) is 17.1. The van der Waals surface area contributed by atoms with Crippen LogP contribution in [-0.4, -0.2) is 54.1 Å². The van der Waals surface area contributed by atoms with Crippen LogP contribution in [0.15, 0.2) is 23.3 Å². The number of hydrogen-bond acceptors (Lipinski definition) is 4. The highest BCUT2D eigenvalue weighted by Gasteiger charge is 2.62. The molecule has 0 radical (unpaired) electrons. The summed E-state index contributed by atoms with van der Waals surface area (Å²) in [7, 11) is 1.78. The number of halogens is 2. The number of aryl methyl sites for hydroxylation is 1. The topological polar surface area (TPSA) is 88.8 Å². The highest BCUT2D eigenvalue weighted by atomic mass is 19.3. The van der Waals surface area contributed by atoms with Crippen LogP contribution in [-0.2, 0) is 7.05 Å². The third kappa shape index (κ3) is 2.33. The Balaban J connectivity index is 1.42. The SMILES string of the molecule is Cc1c(C(=O)N2CC3(C2)CC(F)(F)C3)cnn1-c1nc2c(ccn2C)c(=O)[nH]1. The van der Waals surface area contributed by atoms with Crippen molar-refractivity contribution in [2.75, 3.05) is 13.1 Å². The van der Waals surface area contributed by atoms with E-state index in [-0.39, 0.29) is 30.3 Å². The first-order chi connectivity index (χ1) is 13.2. The van der Waals surface area contributed by atoms with Gasteiger partial charge in [-0.25, -0.2) is 13.5 Å². The number of hydrogen-bond donors (Lipinski definition) is 1. The Bertz CT molecular complexity index is 1170. The first-order valence-corrected chi connectivity index (χ1v) is 8.96. The second-order valence-corrected chi connectivity index (χ2v) is 7.98. The molecule has 5 rings (SSSR count). The van der Waals surface area contributed by atoms with Gasteiger partial charge in [-0.3, -0.25) is 14.6 Å². The normalized spacial score (nSPS) is 19.6. The maximum absolute atomic E-state index is 13.2. The van der Waals surface area contributed by atoms with Gasteiger partial charge in [-0.1, -0.05) is 0 Å². The Morgan fingerprint density at radius 1 is 1.29 bits per heavy atom. The lowest BCUT2D eigenvalue weighted by molar-refractivity contribution is -0.203. The first-order valence-electron chi connectivity index (χ1n) is 8.96. The lowest BCUT2D eigenvalue weighted by Crippen LogP contribution is -2.66. The molecule has 1 N–H and O–H groups in total. The number of carbonyl (C=O) groups excluding carboxylic acids is 1. The molecule has 1 aliphatic heterocycles. The van der Waals surface area contributed by atoms with Gasteiger partial charge in [0, 0.05) is 44.6 Å². The lowest BCUT2D eigenvalue weighted by Gasteiger charge is -2.58. The van der Waals surface area contributed by atoms with Gasteiger partial charge >= 0.3 is 0 Å². The molecular weight excluding hydrogens is 370 g/mol. The molecule has 4 heterocycles. The maximum atomic E-state index is 13.2. The molecule has 1 saturated carbocycles. The fourth-order valence-electron chi connectivity index (χ4n) is 4.41. The fourth-order valence-corrected chi connectivity index (χ4v) is 4.41. The Labute approximate surface area is 157 Å². The van der Waals surface area contributed by atoms with Crippen LogP contribution in [0.1, 0.15) is 28.9 Å². The van der Waals surface area contributed by atoms with Crippen LogP contribution in [0.3, 0.4) is 0 Å². The number of nitrogens with one attached hydrogen (secondary N) is 1. The number of fused-ring (bicyclic) bond motifs is 1. The maximum Gasteiger partial charge on any atom is 0.261 e. The van der Waals surface area contributed by atoms with Crippen molar-refractivity contribution in [2.24, 2.45) is 12.5 Å². The third-order valence-corrected chi connectivity index (χ3v) is 5.77. The number of aromatic amines is 1. The number of alkyl halides is 2. The van der Waals surface area contributed by atoms with Gasteiger partial charge in [-0.2, -0.15) is 10.1 Å². The van der Waals surface area contributed by atoms with E-state index in [0.717, 1.165) is 0 Å². The van der Waals surface area contributed by atoms with E-state index in [2.05, 4.69) is 15.1 Å². The molecular formula is C18H18F2N6O2. The summed E-state index contributed by atoms with van der Waals surface area (Å²) in [5.41, 5.74) is 0.696. The van der Waals surface area contributed by atoms with E-state index in [9.17, 15) is 18.4 Å². The molecule has 0 aromatic carbocycles. The molecule has 2 fully saturated rings. The van der Waals surface area contributed by atoms with Crippen LogP contribution in [0.2, 0.25) is 0 Å².